The number of hydrogen-bond acceptors (Lipinski definition) is 4. The Bertz CT molecular complexity index is 536. The van der Waals surface area contributed by atoms with Crippen LogP contribution in [0, 0.1) is 17.3 Å². The Balaban J connectivity index is 2.10. The van der Waals surface area contributed by atoms with Crippen LogP contribution in [0.3, 0.4) is 0 Å². The van der Waals surface area contributed by atoms with Gasteiger partial charge < -0.3 is 4.74 Å². The van der Waals surface area contributed by atoms with Gasteiger partial charge in [-0.25, -0.2) is 9.38 Å². The lowest BCUT2D eigenvalue weighted by atomic mass is 10.2. The third kappa shape index (κ3) is 3.87. The highest BCUT2D eigenvalue weighted by Crippen LogP contribution is 2.28. The molecule has 1 aromatic carbocycles. The van der Waals surface area contributed by atoms with Gasteiger partial charge in [0, 0.05) is 6.07 Å². The van der Waals surface area contributed by atoms with Crippen molar-refractivity contribution < 1.29 is 9.13 Å². The van der Waals surface area contributed by atoms with Gasteiger partial charge in [-0.3, -0.25) is 5.32 Å². The number of amidine groups is 1. The SMILES string of the molecule is CSC(=Nc1ccc(OC2CCCC2)c(F)c1)NC#N. The lowest BCUT2D eigenvalue weighted by molar-refractivity contribution is 0.201. The van der Waals surface area contributed by atoms with Crippen LogP contribution in [0.1, 0.15) is 25.7 Å². The second kappa shape index (κ2) is 7.15. The van der Waals surface area contributed by atoms with E-state index in [4.69, 9.17) is 10.00 Å². The van der Waals surface area contributed by atoms with E-state index >= 15 is 0 Å². The van der Waals surface area contributed by atoms with E-state index in [1.165, 1.54) is 17.8 Å². The molecule has 0 atom stereocenters. The zero-order valence-electron chi connectivity index (χ0n) is 11.2. The van der Waals surface area contributed by atoms with Gasteiger partial charge in [0.2, 0.25) is 0 Å². The first kappa shape index (κ1) is 14.7. The van der Waals surface area contributed by atoms with E-state index in [1.54, 1.807) is 24.6 Å². The second-order valence-electron chi connectivity index (χ2n) is 4.50. The minimum Gasteiger partial charge on any atom is -0.487 e. The van der Waals surface area contributed by atoms with Crippen molar-refractivity contribution in [2.24, 2.45) is 4.99 Å². The second-order valence-corrected chi connectivity index (χ2v) is 5.29. The Morgan fingerprint density at radius 1 is 1.50 bits per heavy atom. The Morgan fingerprint density at radius 3 is 2.85 bits per heavy atom. The highest BCUT2D eigenvalue weighted by molar-refractivity contribution is 8.13. The van der Waals surface area contributed by atoms with Gasteiger partial charge >= 0.3 is 0 Å². The number of halogens is 1. The van der Waals surface area contributed by atoms with E-state index in [9.17, 15) is 4.39 Å². The van der Waals surface area contributed by atoms with Gasteiger partial charge in [-0.1, -0.05) is 11.8 Å². The molecule has 1 aromatic rings. The molecule has 6 heteroatoms. The van der Waals surface area contributed by atoms with Gasteiger partial charge in [0.1, 0.15) is 0 Å². The Hall–Kier alpha value is -1.74. The minimum absolute atomic E-state index is 0.126. The fourth-order valence-electron chi connectivity index (χ4n) is 2.13. The predicted octanol–water partition coefficient (Wildman–Crippen LogP) is 3.57. The summed E-state index contributed by atoms with van der Waals surface area (Å²) in [5, 5.41) is 11.4. The number of nitriles is 1. The van der Waals surface area contributed by atoms with Crippen LogP contribution >= 0.6 is 11.8 Å². The molecule has 1 aliphatic carbocycles. The van der Waals surface area contributed by atoms with Gasteiger partial charge in [-0.15, -0.1) is 0 Å². The van der Waals surface area contributed by atoms with Crippen molar-refractivity contribution in [2.45, 2.75) is 31.8 Å². The number of aliphatic imine (C=N–C) groups is 1. The van der Waals surface area contributed by atoms with Gasteiger partial charge in [0.05, 0.1) is 11.8 Å². The number of nitrogens with zero attached hydrogens (tertiary/aromatic N) is 2. The molecule has 20 heavy (non-hydrogen) atoms. The minimum atomic E-state index is -0.421. The van der Waals surface area contributed by atoms with E-state index in [-0.39, 0.29) is 11.9 Å². The molecule has 1 N–H and O–H groups in total. The first-order chi connectivity index (χ1) is 9.72. The zero-order valence-corrected chi connectivity index (χ0v) is 12.0. The maximum absolute atomic E-state index is 14.0. The first-order valence-corrected chi connectivity index (χ1v) is 7.69. The quantitative estimate of drug-likeness (QED) is 0.400. The lowest BCUT2D eigenvalue weighted by Gasteiger charge is -2.13. The molecule has 4 nitrogen and oxygen atoms in total. The fourth-order valence-corrected chi connectivity index (χ4v) is 2.47. The highest BCUT2D eigenvalue weighted by Gasteiger charge is 2.18. The van der Waals surface area contributed by atoms with Crippen LogP contribution < -0.4 is 10.1 Å². The molecule has 0 aliphatic heterocycles. The number of ether oxygens (including phenoxy) is 1. The normalized spacial score (nSPS) is 15.9. The molecule has 1 fully saturated rings. The zero-order chi connectivity index (χ0) is 14.4. The average Bonchev–Trinajstić information content (AvgIpc) is 2.94. The molecule has 0 bridgehead atoms. The summed E-state index contributed by atoms with van der Waals surface area (Å²) in [7, 11) is 0. The number of benzene rings is 1. The molecule has 1 aliphatic rings. The van der Waals surface area contributed by atoms with Crippen molar-refractivity contribution in [1.29, 1.82) is 5.26 Å². The van der Waals surface area contributed by atoms with E-state index in [0.29, 0.717) is 10.9 Å². The third-order valence-electron chi connectivity index (χ3n) is 3.10. The Labute approximate surface area is 122 Å². The van der Waals surface area contributed by atoms with Crippen LogP contribution in [0.2, 0.25) is 0 Å². The summed E-state index contributed by atoms with van der Waals surface area (Å²) >= 11 is 1.29. The van der Waals surface area contributed by atoms with Crippen molar-refractivity contribution in [1.82, 2.24) is 5.32 Å². The van der Waals surface area contributed by atoms with Gasteiger partial charge in [-0.2, -0.15) is 5.26 Å². The van der Waals surface area contributed by atoms with Gasteiger partial charge in [0.15, 0.2) is 22.9 Å². The average molecular weight is 293 g/mol. The summed E-state index contributed by atoms with van der Waals surface area (Å²) in [6.45, 7) is 0. The van der Waals surface area contributed by atoms with Crippen molar-refractivity contribution in [3.05, 3.63) is 24.0 Å². The number of hydrogen-bond donors (Lipinski definition) is 1. The predicted molar refractivity (Wildman–Crippen MR) is 78.6 cm³/mol. The molecule has 0 radical (unpaired) electrons. The highest BCUT2D eigenvalue weighted by atomic mass is 32.2. The van der Waals surface area contributed by atoms with Crippen LogP contribution in [0.15, 0.2) is 23.2 Å². The molecular formula is C14H16FN3OS. The molecule has 0 unspecified atom stereocenters. The molecular weight excluding hydrogens is 277 g/mol. The van der Waals surface area contributed by atoms with E-state index in [1.807, 2.05) is 0 Å². The van der Waals surface area contributed by atoms with E-state index in [2.05, 4.69) is 10.3 Å². The van der Waals surface area contributed by atoms with Crippen LogP contribution in [-0.4, -0.2) is 17.5 Å². The van der Waals surface area contributed by atoms with E-state index in [0.717, 1.165) is 25.7 Å². The maximum Gasteiger partial charge on any atom is 0.183 e. The van der Waals surface area contributed by atoms with Crippen molar-refractivity contribution in [3.63, 3.8) is 0 Å². The first-order valence-electron chi connectivity index (χ1n) is 6.47. The van der Waals surface area contributed by atoms with Crippen molar-refractivity contribution >= 4 is 22.6 Å². The molecule has 1 saturated carbocycles. The van der Waals surface area contributed by atoms with Gasteiger partial charge in [0.25, 0.3) is 0 Å². The Morgan fingerprint density at radius 2 is 2.25 bits per heavy atom. The van der Waals surface area contributed by atoms with Crippen molar-refractivity contribution in [3.8, 4) is 11.9 Å². The number of nitrogens with one attached hydrogen (secondary N) is 1. The fraction of sp³-hybridized carbons (Fsp3) is 0.429. The third-order valence-corrected chi connectivity index (χ3v) is 3.68. The maximum atomic E-state index is 14.0. The topological polar surface area (TPSA) is 57.4 Å². The summed E-state index contributed by atoms with van der Waals surface area (Å²) in [6, 6.07) is 4.60. The van der Waals surface area contributed by atoms with Crippen LogP contribution in [0.25, 0.3) is 0 Å². The van der Waals surface area contributed by atoms with Gasteiger partial charge in [-0.05, 0) is 44.1 Å². The molecule has 2 rings (SSSR count). The smallest absolute Gasteiger partial charge is 0.183 e. The van der Waals surface area contributed by atoms with Crippen LogP contribution in [0.4, 0.5) is 10.1 Å². The number of thioether (sulfide) groups is 1. The van der Waals surface area contributed by atoms with Crippen molar-refractivity contribution in [2.75, 3.05) is 6.26 Å². The van der Waals surface area contributed by atoms with E-state index < -0.39 is 5.82 Å². The molecule has 0 aromatic heterocycles. The van der Waals surface area contributed by atoms with Crippen LogP contribution in [-0.2, 0) is 0 Å². The lowest BCUT2D eigenvalue weighted by Crippen LogP contribution is -2.12. The molecule has 0 amide bonds. The van der Waals surface area contributed by atoms with Crippen LogP contribution in [0.5, 0.6) is 5.75 Å². The monoisotopic (exact) mass is 293 g/mol. The molecule has 106 valence electrons. The summed E-state index contributed by atoms with van der Waals surface area (Å²) in [5.74, 6) is -0.148. The summed E-state index contributed by atoms with van der Waals surface area (Å²) < 4.78 is 19.6. The standard InChI is InChI=1S/C14H16FN3OS/c1-20-14(17-9-16)18-10-6-7-13(12(15)8-10)19-11-4-2-3-5-11/h6-8,11H,2-5H2,1H3,(H,17,18). The summed E-state index contributed by atoms with van der Waals surface area (Å²) in [5.41, 5.74) is 0.452. The molecule has 0 heterocycles. The molecule has 0 saturated heterocycles. The summed E-state index contributed by atoms with van der Waals surface area (Å²) in [4.78, 5) is 4.15. The largest absolute Gasteiger partial charge is 0.487 e. The Kier molecular flexibility index (Phi) is 5.24. The number of rotatable bonds is 3. The summed E-state index contributed by atoms with van der Waals surface area (Å²) in [6.07, 6.45) is 7.97. The molecule has 0 spiro atoms.